The number of aromatic nitrogens is 2. The Balaban J connectivity index is 0.00000171. The van der Waals surface area contributed by atoms with Gasteiger partial charge in [-0.25, -0.2) is 4.79 Å². The molecule has 168 valence electrons. The average molecular weight is 471 g/mol. The second-order valence-corrected chi connectivity index (χ2v) is 7.00. The third-order valence-corrected chi connectivity index (χ3v) is 5.25. The Labute approximate surface area is 190 Å². The lowest BCUT2D eigenvalue weighted by atomic mass is 9.99. The van der Waals surface area contributed by atoms with Gasteiger partial charge in [0.2, 0.25) is 0 Å². The molecule has 0 fully saturated rings. The van der Waals surface area contributed by atoms with Gasteiger partial charge in [0.05, 0.1) is 17.8 Å². The number of carbonyl (C=O) groups is 1. The van der Waals surface area contributed by atoms with E-state index in [1.165, 1.54) is 0 Å². The summed E-state index contributed by atoms with van der Waals surface area (Å²) >= 11 is 0. The van der Waals surface area contributed by atoms with Crippen LogP contribution in [0.4, 0.5) is 0 Å². The molecule has 9 nitrogen and oxygen atoms in total. The Morgan fingerprint density at radius 2 is 2.06 bits per heavy atom. The first kappa shape index (κ1) is 24.5. The minimum atomic E-state index is -1.47. The van der Waals surface area contributed by atoms with E-state index in [0.717, 1.165) is 16.6 Å². The van der Waals surface area contributed by atoms with Crippen LogP contribution >= 0.6 is 24.8 Å². The van der Waals surface area contributed by atoms with Crippen LogP contribution in [0.1, 0.15) is 21.6 Å². The number of aryl methyl sites for hydroxylation is 1. The largest absolute Gasteiger partial charge is 0.506 e. The smallest absolute Gasteiger partial charge is 0.345 e. The molecule has 1 aliphatic heterocycles. The van der Waals surface area contributed by atoms with E-state index in [0.29, 0.717) is 42.2 Å². The molecule has 0 radical (unpaired) electrons. The zero-order valence-electron chi connectivity index (χ0n) is 16.7. The molecule has 0 saturated carbocycles. The van der Waals surface area contributed by atoms with E-state index in [4.69, 9.17) is 10.5 Å². The molecule has 3 aromatic rings. The van der Waals surface area contributed by atoms with Gasteiger partial charge in [0.25, 0.3) is 5.56 Å². The van der Waals surface area contributed by atoms with Crippen molar-refractivity contribution >= 4 is 41.7 Å². The zero-order valence-corrected chi connectivity index (χ0v) is 18.4. The van der Waals surface area contributed by atoms with Gasteiger partial charge in [0.15, 0.2) is 5.56 Å². The lowest BCUT2D eigenvalue weighted by molar-refractivity contribution is 0.0691. The second-order valence-electron chi connectivity index (χ2n) is 7.00. The molecule has 0 unspecified atom stereocenters. The van der Waals surface area contributed by atoms with Crippen molar-refractivity contribution in [1.82, 2.24) is 14.9 Å². The molecule has 1 aliphatic rings. The van der Waals surface area contributed by atoms with Gasteiger partial charge in [0, 0.05) is 61.4 Å². The van der Waals surface area contributed by atoms with Crippen molar-refractivity contribution in [3.8, 4) is 22.8 Å². The third kappa shape index (κ3) is 4.22. The van der Waals surface area contributed by atoms with Crippen LogP contribution in [0.2, 0.25) is 0 Å². The van der Waals surface area contributed by atoms with Gasteiger partial charge in [-0.1, -0.05) is 0 Å². The summed E-state index contributed by atoms with van der Waals surface area (Å²) in [6, 6.07) is 5.82. The molecule has 11 heteroatoms. The van der Waals surface area contributed by atoms with Crippen molar-refractivity contribution in [2.45, 2.75) is 13.0 Å². The van der Waals surface area contributed by atoms with Gasteiger partial charge in [-0.2, -0.15) is 0 Å². The van der Waals surface area contributed by atoms with E-state index in [2.05, 4.69) is 14.9 Å². The highest BCUT2D eigenvalue weighted by molar-refractivity contribution is 5.94. The molecule has 0 aliphatic carbocycles. The summed E-state index contributed by atoms with van der Waals surface area (Å²) in [7, 11) is 1.96. The number of carboxylic acid groups (broad SMARTS) is 1. The van der Waals surface area contributed by atoms with Crippen molar-refractivity contribution in [3.05, 3.63) is 45.4 Å². The van der Waals surface area contributed by atoms with Crippen LogP contribution in [0.15, 0.2) is 23.0 Å². The topological polar surface area (TPSA) is 143 Å². The van der Waals surface area contributed by atoms with Crippen molar-refractivity contribution < 1.29 is 19.7 Å². The maximum absolute atomic E-state index is 12.3. The van der Waals surface area contributed by atoms with Crippen molar-refractivity contribution in [2.75, 3.05) is 19.7 Å². The standard InChI is InChI=1S/C20H22N4O5.2ClH/c1-24-11(9-22-4-3-21)6-10-7-13-15(8-14(10)24)29-5-2-12-17(13)23-19(26)16(18(12)25)20(27)28;;/h6-8,22H,2-5,9,21H2,1H3,(H,27,28)(H2,23,25,26);2*1H. The highest BCUT2D eigenvalue weighted by Crippen LogP contribution is 2.40. The summed E-state index contributed by atoms with van der Waals surface area (Å²) in [5.41, 5.74) is 7.42. The summed E-state index contributed by atoms with van der Waals surface area (Å²) in [5, 5.41) is 23.9. The summed E-state index contributed by atoms with van der Waals surface area (Å²) in [4.78, 5) is 26.3. The Morgan fingerprint density at radius 1 is 1.32 bits per heavy atom. The van der Waals surface area contributed by atoms with Crippen LogP contribution in [0, 0.1) is 0 Å². The number of nitrogens with zero attached hydrogens (tertiary/aromatic N) is 1. The summed E-state index contributed by atoms with van der Waals surface area (Å²) < 4.78 is 7.93. The van der Waals surface area contributed by atoms with Crippen LogP contribution < -0.4 is 21.3 Å². The van der Waals surface area contributed by atoms with Crippen LogP contribution in [-0.2, 0) is 20.0 Å². The first-order valence-electron chi connectivity index (χ1n) is 9.30. The van der Waals surface area contributed by atoms with Gasteiger partial charge in [-0.3, -0.25) is 4.79 Å². The SMILES string of the molecule is Cl.Cl.Cn1c(CNCCN)cc2cc3c(cc21)OCCc1c-3[nH]c(=O)c(C(=O)O)c1O. The van der Waals surface area contributed by atoms with Crippen molar-refractivity contribution in [3.63, 3.8) is 0 Å². The molecule has 0 spiro atoms. The molecule has 0 amide bonds. The number of nitrogens with one attached hydrogen (secondary N) is 2. The normalized spacial score (nSPS) is 12.1. The lowest BCUT2D eigenvalue weighted by Gasteiger charge is -2.12. The number of benzene rings is 1. The molecule has 0 bridgehead atoms. The summed E-state index contributed by atoms with van der Waals surface area (Å²) in [6.07, 6.45) is 0.275. The van der Waals surface area contributed by atoms with Gasteiger partial charge in [-0.05, 0) is 12.1 Å². The molecule has 6 N–H and O–H groups in total. The number of pyridine rings is 1. The number of aromatic hydroxyl groups is 1. The number of halogens is 2. The predicted octanol–water partition coefficient (Wildman–Crippen LogP) is 1.76. The van der Waals surface area contributed by atoms with E-state index in [9.17, 15) is 19.8 Å². The molecule has 2 aromatic heterocycles. The quantitative estimate of drug-likeness (QED) is 0.357. The highest BCUT2D eigenvalue weighted by atomic mass is 35.5. The van der Waals surface area contributed by atoms with E-state index < -0.39 is 22.8 Å². The number of aromatic amines is 1. The molecular formula is C20H24Cl2N4O5. The number of fused-ring (bicyclic) bond motifs is 4. The predicted molar refractivity (Wildman–Crippen MR) is 122 cm³/mol. The van der Waals surface area contributed by atoms with E-state index >= 15 is 0 Å². The minimum Gasteiger partial charge on any atom is -0.506 e. The van der Waals surface area contributed by atoms with Crippen molar-refractivity contribution in [1.29, 1.82) is 0 Å². The van der Waals surface area contributed by atoms with Crippen LogP contribution in [0.3, 0.4) is 0 Å². The van der Waals surface area contributed by atoms with Crippen LogP contribution in [0.5, 0.6) is 11.5 Å². The summed E-state index contributed by atoms with van der Waals surface area (Å²) in [6.45, 7) is 2.17. The summed E-state index contributed by atoms with van der Waals surface area (Å²) in [5.74, 6) is -1.41. The first-order valence-corrected chi connectivity index (χ1v) is 9.30. The fourth-order valence-electron chi connectivity index (χ4n) is 3.79. The number of hydrogen-bond acceptors (Lipinski definition) is 6. The van der Waals surface area contributed by atoms with E-state index in [1.807, 2.05) is 25.2 Å². The molecule has 0 atom stereocenters. The highest BCUT2D eigenvalue weighted by Gasteiger charge is 2.26. The Kier molecular flexibility index (Phi) is 7.61. The van der Waals surface area contributed by atoms with Crippen LogP contribution in [-0.4, -0.2) is 45.4 Å². The molecule has 4 rings (SSSR count). The van der Waals surface area contributed by atoms with E-state index in [1.54, 1.807) is 0 Å². The number of aromatic carboxylic acids is 1. The molecule has 3 heterocycles. The Morgan fingerprint density at radius 3 is 2.74 bits per heavy atom. The molecule has 31 heavy (non-hydrogen) atoms. The Hall–Kier alpha value is -2.72. The number of H-pyrrole nitrogens is 1. The second kappa shape index (κ2) is 9.61. The zero-order chi connectivity index (χ0) is 20.7. The minimum absolute atomic E-state index is 0. The number of hydrogen-bond donors (Lipinski definition) is 5. The number of carboxylic acids is 1. The maximum atomic E-state index is 12.3. The lowest BCUT2D eigenvalue weighted by Crippen LogP contribution is -2.22. The van der Waals surface area contributed by atoms with Gasteiger partial charge in [-0.15, -0.1) is 24.8 Å². The fourth-order valence-corrected chi connectivity index (χ4v) is 3.79. The van der Waals surface area contributed by atoms with Crippen LogP contribution in [0.25, 0.3) is 22.2 Å². The molecule has 0 saturated heterocycles. The number of nitrogens with two attached hydrogens (primary N) is 1. The number of ether oxygens (including phenoxy) is 1. The monoisotopic (exact) mass is 470 g/mol. The Bertz CT molecular complexity index is 1190. The van der Waals surface area contributed by atoms with Gasteiger partial charge >= 0.3 is 5.97 Å². The molecular weight excluding hydrogens is 447 g/mol. The van der Waals surface area contributed by atoms with Gasteiger partial charge in [0.1, 0.15) is 11.5 Å². The third-order valence-electron chi connectivity index (χ3n) is 5.25. The number of rotatable bonds is 5. The van der Waals surface area contributed by atoms with Gasteiger partial charge < -0.3 is 35.6 Å². The maximum Gasteiger partial charge on any atom is 0.345 e. The fraction of sp³-hybridized carbons (Fsp3) is 0.300. The van der Waals surface area contributed by atoms with E-state index in [-0.39, 0.29) is 37.8 Å². The van der Waals surface area contributed by atoms with Crippen molar-refractivity contribution in [2.24, 2.45) is 12.8 Å². The first-order chi connectivity index (χ1) is 13.9. The molecule has 1 aromatic carbocycles. The average Bonchev–Trinajstić information content (AvgIpc) is 2.86.